The second kappa shape index (κ2) is 4.82. The summed E-state index contributed by atoms with van der Waals surface area (Å²) < 4.78 is 4.58. The summed E-state index contributed by atoms with van der Waals surface area (Å²) >= 11 is 0. The van der Waals surface area contributed by atoms with E-state index in [-0.39, 0.29) is 0 Å². The molecule has 72 valence electrons. The number of hydrogen-bond donors (Lipinski definition) is 3. The molecular formula is C6H10N2O3P2. The fraction of sp³-hybridized carbons (Fsp3) is 0. The van der Waals surface area contributed by atoms with Crippen molar-refractivity contribution < 1.29 is 14.1 Å². The molecule has 0 radical (unpaired) electrons. The zero-order valence-electron chi connectivity index (χ0n) is 6.66. The zero-order valence-corrected chi connectivity index (χ0v) is 8.56. The molecule has 2 unspecified atom stereocenters. The van der Waals surface area contributed by atoms with Gasteiger partial charge in [0, 0.05) is 18.2 Å². The lowest BCUT2D eigenvalue weighted by Crippen LogP contribution is -1.98. The molecule has 0 spiro atoms. The molecule has 0 saturated carbocycles. The van der Waals surface area contributed by atoms with Gasteiger partial charge in [0.25, 0.3) is 0 Å². The van der Waals surface area contributed by atoms with Gasteiger partial charge in [-0.2, -0.15) is 0 Å². The Morgan fingerprint density at radius 1 is 1.69 bits per heavy atom. The molecule has 1 aromatic heterocycles. The highest BCUT2D eigenvalue weighted by Crippen LogP contribution is 2.40. The van der Waals surface area contributed by atoms with E-state index in [1.807, 2.05) is 0 Å². The Kier molecular flexibility index (Phi) is 4.00. The topological polar surface area (TPSA) is 88.6 Å². The Morgan fingerprint density at radius 3 is 3.00 bits per heavy atom. The van der Waals surface area contributed by atoms with Crippen molar-refractivity contribution in [2.75, 3.05) is 0 Å². The van der Waals surface area contributed by atoms with Crippen LogP contribution in [0.15, 0.2) is 24.5 Å². The van der Waals surface area contributed by atoms with E-state index in [1.165, 1.54) is 5.80 Å². The van der Waals surface area contributed by atoms with Gasteiger partial charge in [-0.05, 0) is 11.6 Å². The lowest BCUT2D eigenvalue weighted by molar-refractivity contribution is 0.472. The number of pyridine rings is 1. The molecule has 0 aromatic carbocycles. The van der Waals surface area contributed by atoms with E-state index in [4.69, 9.17) is 10.4 Å². The maximum absolute atomic E-state index is 9.40. The van der Waals surface area contributed by atoms with E-state index in [9.17, 15) is 4.89 Å². The van der Waals surface area contributed by atoms with Gasteiger partial charge in [-0.15, -0.1) is 0 Å². The predicted molar refractivity (Wildman–Crippen MR) is 54.3 cm³/mol. The largest absolute Gasteiger partial charge is 0.352 e. The average molecular weight is 220 g/mol. The van der Waals surface area contributed by atoms with E-state index in [0.29, 0.717) is 5.56 Å². The molecule has 1 rings (SSSR count). The van der Waals surface area contributed by atoms with Crippen molar-refractivity contribution in [3.63, 3.8) is 0 Å². The molecule has 2 atom stereocenters. The Hall–Kier alpha value is -0.280. The predicted octanol–water partition coefficient (Wildman–Crippen LogP) is 0.463. The maximum atomic E-state index is 9.40. The fourth-order valence-corrected chi connectivity index (χ4v) is 2.07. The van der Waals surface area contributed by atoms with Gasteiger partial charge < -0.3 is 9.79 Å². The highest BCUT2D eigenvalue weighted by atomic mass is 31.2. The number of nitrogens with zero attached hydrogens (tertiary/aromatic N) is 1. The van der Waals surface area contributed by atoms with Crippen LogP contribution in [0.25, 0.3) is 0 Å². The number of nitrogens with two attached hydrogens (primary N) is 1. The standard InChI is InChI=1S/C6H10N2O3P2/c7-13(10,11-12-9)5-6-2-1-3-8-4-6/h1-5,9-10,12H,7H2. The van der Waals surface area contributed by atoms with Crippen molar-refractivity contribution in [1.29, 1.82) is 0 Å². The zero-order chi connectivity index (χ0) is 9.73. The average Bonchev–Trinajstić information content (AvgIpc) is 2.04. The summed E-state index contributed by atoms with van der Waals surface area (Å²) in [6.45, 7) is 0. The van der Waals surface area contributed by atoms with Gasteiger partial charge in [0.05, 0.1) is 0 Å². The first-order chi connectivity index (χ1) is 6.14. The Labute approximate surface area is 77.7 Å². The lowest BCUT2D eigenvalue weighted by Gasteiger charge is -2.10. The van der Waals surface area contributed by atoms with Crippen molar-refractivity contribution in [3.05, 3.63) is 30.1 Å². The molecule has 4 N–H and O–H groups in total. The molecule has 13 heavy (non-hydrogen) atoms. The summed E-state index contributed by atoms with van der Waals surface area (Å²) in [5.74, 6) is 1.36. The third-order valence-electron chi connectivity index (χ3n) is 1.21. The third-order valence-corrected chi connectivity index (χ3v) is 3.37. The number of hydrogen-bond acceptors (Lipinski definition) is 5. The minimum absolute atomic E-state index is 0.666. The summed E-state index contributed by atoms with van der Waals surface area (Å²) in [5, 5.41) is 0. The van der Waals surface area contributed by atoms with Crippen LogP contribution in [0.1, 0.15) is 5.56 Å². The molecule has 0 bridgehead atoms. The quantitative estimate of drug-likeness (QED) is 0.644. The first-order valence-electron chi connectivity index (χ1n) is 3.38. The molecule has 0 aliphatic carbocycles. The first kappa shape index (κ1) is 10.8. The summed E-state index contributed by atoms with van der Waals surface area (Å²) in [6, 6.07) is 3.45. The van der Waals surface area contributed by atoms with Crippen LogP contribution in [-0.2, 0) is 4.31 Å². The van der Waals surface area contributed by atoms with Crippen molar-refractivity contribution in [3.8, 4) is 0 Å². The van der Waals surface area contributed by atoms with E-state index in [1.54, 1.807) is 24.5 Å². The van der Waals surface area contributed by atoms with Crippen LogP contribution in [-0.4, -0.2) is 20.6 Å². The fourth-order valence-electron chi connectivity index (χ4n) is 0.758. The molecule has 0 aliphatic heterocycles. The number of aromatic nitrogens is 1. The van der Waals surface area contributed by atoms with Crippen LogP contribution in [0.5, 0.6) is 0 Å². The summed E-state index contributed by atoms with van der Waals surface area (Å²) in [5.41, 5.74) is 6.03. The van der Waals surface area contributed by atoms with Crippen molar-refractivity contribution in [1.82, 2.24) is 4.98 Å². The molecule has 1 aromatic rings. The molecule has 0 saturated heterocycles. The van der Waals surface area contributed by atoms with Gasteiger partial charge in [-0.25, -0.2) is 0 Å². The molecule has 0 fully saturated rings. The molecule has 1 heterocycles. The second-order valence-electron chi connectivity index (χ2n) is 2.27. The van der Waals surface area contributed by atoms with Gasteiger partial charge in [-0.3, -0.25) is 14.8 Å². The van der Waals surface area contributed by atoms with Crippen molar-refractivity contribution in [2.45, 2.75) is 0 Å². The van der Waals surface area contributed by atoms with Gasteiger partial charge >= 0.3 is 0 Å². The van der Waals surface area contributed by atoms with E-state index >= 15 is 0 Å². The van der Waals surface area contributed by atoms with Crippen LogP contribution in [0, 0.1) is 0 Å². The Balaban J connectivity index is 2.87. The molecule has 5 nitrogen and oxygen atoms in total. The van der Waals surface area contributed by atoms with Crippen LogP contribution >= 0.6 is 16.5 Å². The third kappa shape index (κ3) is 3.96. The van der Waals surface area contributed by atoms with E-state index in [0.717, 1.165) is 0 Å². The Bertz CT molecular complexity index is 311. The second-order valence-corrected chi connectivity index (χ2v) is 4.79. The first-order valence-corrected chi connectivity index (χ1v) is 6.03. The monoisotopic (exact) mass is 220 g/mol. The summed E-state index contributed by atoms with van der Waals surface area (Å²) in [4.78, 5) is 21.7. The van der Waals surface area contributed by atoms with Gasteiger partial charge in [0.1, 0.15) is 0 Å². The van der Waals surface area contributed by atoms with Crippen molar-refractivity contribution >= 4 is 22.3 Å². The van der Waals surface area contributed by atoms with Crippen LogP contribution in [0.3, 0.4) is 0 Å². The maximum Gasteiger partial charge on any atom is 0.194 e. The van der Waals surface area contributed by atoms with E-state index < -0.39 is 16.5 Å². The molecular weight excluding hydrogens is 210 g/mol. The van der Waals surface area contributed by atoms with Crippen LogP contribution in [0.4, 0.5) is 0 Å². The molecule has 0 amide bonds. The normalized spacial score (nSPS) is 15.9. The van der Waals surface area contributed by atoms with Gasteiger partial charge in [0.15, 0.2) is 16.5 Å². The highest BCUT2D eigenvalue weighted by molar-refractivity contribution is 7.67. The van der Waals surface area contributed by atoms with E-state index in [2.05, 4.69) is 9.29 Å². The number of rotatable bonds is 3. The lowest BCUT2D eigenvalue weighted by atomic mass is 10.3. The summed E-state index contributed by atoms with van der Waals surface area (Å²) in [7, 11) is -3.88. The van der Waals surface area contributed by atoms with Crippen molar-refractivity contribution in [2.24, 2.45) is 5.50 Å². The van der Waals surface area contributed by atoms with Crippen LogP contribution in [0.2, 0.25) is 0 Å². The SMILES string of the molecule is NP(O)(=Cc1cccnc1)OPO. The van der Waals surface area contributed by atoms with Gasteiger partial charge in [-0.1, -0.05) is 6.07 Å². The highest BCUT2D eigenvalue weighted by Gasteiger charge is 2.06. The molecule has 7 heteroatoms. The molecule has 0 aliphatic rings. The minimum Gasteiger partial charge on any atom is -0.352 e. The smallest absolute Gasteiger partial charge is 0.194 e. The Morgan fingerprint density at radius 2 is 2.46 bits per heavy atom. The van der Waals surface area contributed by atoms with Crippen LogP contribution < -0.4 is 5.50 Å². The minimum atomic E-state index is -3.07. The summed E-state index contributed by atoms with van der Waals surface area (Å²) in [6.07, 6.45) is 3.15. The van der Waals surface area contributed by atoms with Gasteiger partial charge in [0.2, 0.25) is 0 Å².